The first kappa shape index (κ1) is 10.3. The first-order valence-electron chi connectivity index (χ1n) is 4.33. The molecule has 0 spiro atoms. The first-order chi connectivity index (χ1) is 6.76. The highest BCUT2D eigenvalue weighted by Gasteiger charge is 2.02. The Hall–Kier alpha value is -1.83. The molecule has 14 heavy (non-hydrogen) atoms. The molecule has 0 N–H and O–H groups in total. The van der Waals surface area contributed by atoms with Crippen LogP contribution in [0.2, 0.25) is 0 Å². The smallest absolute Gasteiger partial charge is 0.307 e. The average molecular weight is 193 g/mol. The minimum absolute atomic E-state index is 0.236. The molecule has 0 radical (unpaired) electrons. The van der Waals surface area contributed by atoms with Gasteiger partial charge in [-0.25, -0.2) is 4.98 Å². The number of hydrogen-bond donors (Lipinski definition) is 0. The summed E-state index contributed by atoms with van der Waals surface area (Å²) in [5, 5.41) is 8.50. The second kappa shape index (κ2) is 5.02. The molecule has 0 saturated heterocycles. The van der Waals surface area contributed by atoms with Gasteiger partial charge in [-0.05, 0) is 6.92 Å². The molecule has 0 unspecified atom stereocenters. The van der Waals surface area contributed by atoms with E-state index in [4.69, 9.17) is 10.00 Å². The van der Waals surface area contributed by atoms with Crippen molar-refractivity contribution in [3.63, 3.8) is 0 Å². The highest BCUT2D eigenvalue weighted by molar-refractivity contribution is 5.69. The van der Waals surface area contributed by atoms with Gasteiger partial charge in [0.05, 0.1) is 19.4 Å². The normalized spacial score (nSPS) is 9.43. The van der Waals surface area contributed by atoms with Gasteiger partial charge in [-0.15, -0.1) is 0 Å². The number of aryl methyl sites for hydroxylation is 1. The van der Waals surface area contributed by atoms with Crippen LogP contribution < -0.4 is 0 Å². The van der Waals surface area contributed by atoms with E-state index in [2.05, 4.69) is 4.98 Å². The molecule has 74 valence electrons. The summed E-state index contributed by atoms with van der Waals surface area (Å²) >= 11 is 0. The number of nitriles is 1. The monoisotopic (exact) mass is 193 g/mol. The van der Waals surface area contributed by atoms with E-state index in [1.165, 1.54) is 6.33 Å². The van der Waals surface area contributed by atoms with Crippen molar-refractivity contribution in [3.8, 4) is 6.07 Å². The molecule has 5 nitrogen and oxygen atoms in total. The lowest BCUT2D eigenvalue weighted by Crippen LogP contribution is -2.07. The Balaban J connectivity index is 2.38. The van der Waals surface area contributed by atoms with Crippen molar-refractivity contribution in [1.82, 2.24) is 9.55 Å². The molecule has 1 aromatic heterocycles. The van der Waals surface area contributed by atoms with Gasteiger partial charge in [-0.2, -0.15) is 5.26 Å². The summed E-state index contributed by atoms with van der Waals surface area (Å²) in [6, 6.07) is 1.91. The summed E-state index contributed by atoms with van der Waals surface area (Å²) in [4.78, 5) is 14.8. The van der Waals surface area contributed by atoms with Crippen LogP contribution in [0.15, 0.2) is 12.5 Å². The standard InChI is InChI=1S/C9H11N3O2/c1-2-14-9(13)3-4-12-6-8(5-10)11-7-12/h6-7H,2-4H2,1H3. The Kier molecular flexibility index (Phi) is 3.68. The Morgan fingerprint density at radius 1 is 1.79 bits per heavy atom. The summed E-state index contributed by atoms with van der Waals surface area (Å²) in [5.41, 5.74) is 0.355. The van der Waals surface area contributed by atoms with Crippen molar-refractivity contribution >= 4 is 5.97 Å². The summed E-state index contributed by atoms with van der Waals surface area (Å²) in [6.07, 6.45) is 3.42. The molecule has 0 aliphatic heterocycles. The maximum absolute atomic E-state index is 11.0. The number of carbonyl (C=O) groups excluding carboxylic acids is 1. The number of carbonyl (C=O) groups is 1. The lowest BCUT2D eigenvalue weighted by molar-refractivity contribution is -0.143. The zero-order valence-electron chi connectivity index (χ0n) is 7.93. The largest absolute Gasteiger partial charge is 0.466 e. The van der Waals surface area contributed by atoms with E-state index >= 15 is 0 Å². The average Bonchev–Trinajstić information content (AvgIpc) is 2.63. The SMILES string of the molecule is CCOC(=O)CCn1cnc(C#N)c1. The Morgan fingerprint density at radius 3 is 3.14 bits per heavy atom. The van der Waals surface area contributed by atoms with Crippen LogP contribution in [0.4, 0.5) is 0 Å². The molecule has 1 heterocycles. The van der Waals surface area contributed by atoms with Gasteiger partial charge in [0.15, 0.2) is 5.69 Å². The number of nitrogens with zero attached hydrogens (tertiary/aromatic N) is 3. The second-order valence-corrected chi connectivity index (χ2v) is 2.66. The third-order valence-electron chi connectivity index (χ3n) is 1.63. The van der Waals surface area contributed by atoms with Crippen LogP contribution in [0, 0.1) is 11.3 Å². The van der Waals surface area contributed by atoms with Crippen molar-refractivity contribution in [3.05, 3.63) is 18.2 Å². The summed E-state index contributed by atoms with van der Waals surface area (Å²) in [6.45, 7) is 2.66. The number of rotatable bonds is 4. The summed E-state index contributed by atoms with van der Waals surface area (Å²) in [7, 11) is 0. The van der Waals surface area contributed by atoms with Gasteiger partial charge < -0.3 is 9.30 Å². The summed E-state index contributed by atoms with van der Waals surface area (Å²) in [5.74, 6) is -0.236. The van der Waals surface area contributed by atoms with Crippen LogP contribution in [0.25, 0.3) is 0 Å². The lowest BCUT2D eigenvalue weighted by Gasteiger charge is -2.01. The topological polar surface area (TPSA) is 67.9 Å². The maximum atomic E-state index is 11.0. The predicted octanol–water partition coefficient (Wildman–Crippen LogP) is 0.708. The molecule has 0 bridgehead atoms. The quantitative estimate of drug-likeness (QED) is 0.660. The number of aromatic nitrogens is 2. The maximum Gasteiger partial charge on any atom is 0.307 e. The third kappa shape index (κ3) is 2.90. The van der Waals surface area contributed by atoms with E-state index in [0.717, 1.165) is 0 Å². The van der Waals surface area contributed by atoms with Crippen molar-refractivity contribution in [2.24, 2.45) is 0 Å². The van der Waals surface area contributed by atoms with Gasteiger partial charge in [0.1, 0.15) is 6.07 Å². The lowest BCUT2D eigenvalue weighted by atomic mass is 10.4. The van der Waals surface area contributed by atoms with E-state index in [0.29, 0.717) is 25.3 Å². The second-order valence-electron chi connectivity index (χ2n) is 2.66. The van der Waals surface area contributed by atoms with Crippen LogP contribution in [0.5, 0.6) is 0 Å². The molecule has 0 saturated carbocycles. The molecular weight excluding hydrogens is 182 g/mol. The number of esters is 1. The molecule has 5 heteroatoms. The molecule has 0 aromatic carbocycles. The van der Waals surface area contributed by atoms with E-state index in [1.54, 1.807) is 17.7 Å². The van der Waals surface area contributed by atoms with Crippen LogP contribution in [0.1, 0.15) is 19.0 Å². The van der Waals surface area contributed by atoms with E-state index in [9.17, 15) is 4.79 Å². The zero-order valence-corrected chi connectivity index (χ0v) is 7.93. The number of ether oxygens (including phenoxy) is 1. The number of hydrogen-bond acceptors (Lipinski definition) is 4. The molecule has 0 aliphatic carbocycles. The van der Waals surface area contributed by atoms with Crippen molar-refractivity contribution in [1.29, 1.82) is 5.26 Å². The molecule has 0 fully saturated rings. The zero-order chi connectivity index (χ0) is 10.4. The molecule has 0 amide bonds. The molecule has 0 atom stereocenters. The Morgan fingerprint density at radius 2 is 2.57 bits per heavy atom. The van der Waals surface area contributed by atoms with Crippen molar-refractivity contribution < 1.29 is 9.53 Å². The highest BCUT2D eigenvalue weighted by Crippen LogP contribution is 1.97. The Bertz CT molecular complexity index is 351. The van der Waals surface area contributed by atoms with Gasteiger partial charge in [0.25, 0.3) is 0 Å². The molecular formula is C9H11N3O2. The predicted molar refractivity (Wildman–Crippen MR) is 48.2 cm³/mol. The molecule has 0 aliphatic rings. The van der Waals surface area contributed by atoms with Gasteiger partial charge in [0.2, 0.25) is 0 Å². The summed E-state index contributed by atoms with van der Waals surface area (Å²) < 4.78 is 6.45. The van der Waals surface area contributed by atoms with Crippen LogP contribution in [-0.4, -0.2) is 22.1 Å². The van der Waals surface area contributed by atoms with Gasteiger partial charge in [-0.1, -0.05) is 0 Å². The van der Waals surface area contributed by atoms with Crippen LogP contribution >= 0.6 is 0 Å². The minimum Gasteiger partial charge on any atom is -0.466 e. The fourth-order valence-corrected chi connectivity index (χ4v) is 0.994. The van der Waals surface area contributed by atoms with Gasteiger partial charge in [-0.3, -0.25) is 4.79 Å². The Labute approximate surface area is 81.9 Å². The van der Waals surface area contributed by atoms with E-state index in [1.807, 2.05) is 6.07 Å². The number of imidazole rings is 1. The first-order valence-corrected chi connectivity index (χ1v) is 4.33. The molecule has 1 aromatic rings. The fraction of sp³-hybridized carbons (Fsp3) is 0.444. The van der Waals surface area contributed by atoms with Crippen LogP contribution in [-0.2, 0) is 16.1 Å². The minimum atomic E-state index is -0.236. The third-order valence-corrected chi connectivity index (χ3v) is 1.63. The van der Waals surface area contributed by atoms with E-state index in [-0.39, 0.29) is 5.97 Å². The van der Waals surface area contributed by atoms with Gasteiger partial charge in [0, 0.05) is 12.7 Å². The van der Waals surface area contributed by atoms with Crippen molar-refractivity contribution in [2.45, 2.75) is 19.9 Å². The van der Waals surface area contributed by atoms with E-state index < -0.39 is 0 Å². The van der Waals surface area contributed by atoms with Crippen LogP contribution in [0.3, 0.4) is 0 Å². The molecule has 1 rings (SSSR count). The highest BCUT2D eigenvalue weighted by atomic mass is 16.5. The van der Waals surface area contributed by atoms with Gasteiger partial charge >= 0.3 is 5.97 Å². The van der Waals surface area contributed by atoms with Crippen molar-refractivity contribution in [2.75, 3.05) is 6.61 Å². The fourth-order valence-electron chi connectivity index (χ4n) is 0.994.